The van der Waals surface area contributed by atoms with Crippen LogP contribution in [0.5, 0.6) is 5.75 Å². The highest BCUT2D eigenvalue weighted by Gasteiger charge is 1.97. The van der Waals surface area contributed by atoms with Crippen molar-refractivity contribution in [2.24, 2.45) is 0 Å². The van der Waals surface area contributed by atoms with Crippen molar-refractivity contribution >= 4 is 34.9 Å². The summed E-state index contributed by atoms with van der Waals surface area (Å²) in [7, 11) is 0. The van der Waals surface area contributed by atoms with Gasteiger partial charge in [0.25, 0.3) is 0 Å². The number of halogens is 1. The van der Waals surface area contributed by atoms with Gasteiger partial charge in [0.05, 0.1) is 0 Å². The third-order valence-electron chi connectivity index (χ3n) is 1.30. The molecule has 0 unspecified atom stereocenters. The quantitative estimate of drug-likeness (QED) is 0.486. The maximum absolute atomic E-state index is 6.99. The fraction of sp³-hybridized carbons (Fsp3) is 0. The van der Waals surface area contributed by atoms with Crippen molar-refractivity contribution in [2.45, 2.75) is 0 Å². The van der Waals surface area contributed by atoms with Gasteiger partial charge in [-0.1, -0.05) is 0 Å². The lowest BCUT2D eigenvalue weighted by atomic mass is 10.2. The van der Waals surface area contributed by atoms with Gasteiger partial charge in [-0.05, 0) is 18.2 Å². The first-order valence-electron chi connectivity index (χ1n) is 2.96. The Morgan fingerprint density at radius 3 is 2.82 bits per heavy atom. The molecule has 3 N–H and O–H groups in total. The minimum atomic E-state index is 0.595. The summed E-state index contributed by atoms with van der Waals surface area (Å²) in [5, 5.41) is 6.99. The summed E-state index contributed by atoms with van der Waals surface area (Å²) < 4.78 is 4.92. The van der Waals surface area contributed by atoms with Crippen LogP contribution in [-0.2, 0) is 0 Å². The molecule has 0 atom stereocenters. The van der Waals surface area contributed by atoms with E-state index in [4.69, 9.17) is 14.2 Å². The van der Waals surface area contributed by atoms with E-state index in [0.29, 0.717) is 17.0 Å². The SMILES string of the molecule is N=Cc1cc(OI)ccc1N. The van der Waals surface area contributed by atoms with Gasteiger partial charge >= 0.3 is 0 Å². The Hall–Kier alpha value is -0.780. The van der Waals surface area contributed by atoms with Crippen LogP contribution in [0, 0.1) is 5.41 Å². The Morgan fingerprint density at radius 1 is 1.55 bits per heavy atom. The number of hydrogen-bond acceptors (Lipinski definition) is 3. The zero-order valence-corrected chi connectivity index (χ0v) is 7.83. The van der Waals surface area contributed by atoms with Gasteiger partial charge < -0.3 is 14.2 Å². The van der Waals surface area contributed by atoms with Crippen LogP contribution >= 0.6 is 23.0 Å². The van der Waals surface area contributed by atoms with Crippen molar-refractivity contribution in [2.75, 3.05) is 5.73 Å². The summed E-state index contributed by atoms with van der Waals surface area (Å²) in [4.78, 5) is 0. The number of nitrogens with one attached hydrogen (secondary N) is 1. The van der Waals surface area contributed by atoms with E-state index in [1.807, 2.05) is 0 Å². The molecule has 0 bridgehead atoms. The highest BCUT2D eigenvalue weighted by atomic mass is 127. The second-order valence-electron chi connectivity index (χ2n) is 2.01. The Kier molecular flexibility index (Phi) is 2.70. The summed E-state index contributed by atoms with van der Waals surface area (Å²) in [6.45, 7) is 0. The molecule has 0 amide bonds. The molecule has 0 aliphatic carbocycles. The molecule has 0 aliphatic rings. The Bertz CT molecular complexity index is 275. The summed E-state index contributed by atoms with van der Waals surface area (Å²) in [5.74, 6) is 0.707. The smallest absolute Gasteiger partial charge is 0.192 e. The first-order valence-corrected chi connectivity index (χ1v) is 3.84. The standard InChI is InChI=1S/C7H7IN2O/c8-11-6-1-2-7(10)5(3-6)4-9/h1-4,9H,10H2. The minimum Gasteiger partial charge on any atom is -0.428 e. The second-order valence-corrected chi connectivity index (χ2v) is 2.45. The van der Waals surface area contributed by atoms with E-state index in [9.17, 15) is 0 Å². The lowest BCUT2D eigenvalue weighted by molar-refractivity contribution is 0.717. The van der Waals surface area contributed by atoms with E-state index in [-0.39, 0.29) is 0 Å². The topological polar surface area (TPSA) is 59.1 Å². The summed E-state index contributed by atoms with van der Waals surface area (Å²) in [6.07, 6.45) is 1.20. The largest absolute Gasteiger partial charge is 0.428 e. The van der Waals surface area contributed by atoms with Gasteiger partial charge in [0.2, 0.25) is 0 Å². The fourth-order valence-electron chi connectivity index (χ4n) is 0.726. The summed E-state index contributed by atoms with van der Waals surface area (Å²) in [6, 6.07) is 5.19. The van der Waals surface area contributed by atoms with Crippen molar-refractivity contribution in [1.29, 1.82) is 5.41 Å². The van der Waals surface area contributed by atoms with E-state index in [1.165, 1.54) is 6.21 Å². The number of nitrogen functional groups attached to an aromatic ring is 1. The van der Waals surface area contributed by atoms with E-state index in [0.717, 1.165) is 0 Å². The molecule has 11 heavy (non-hydrogen) atoms. The zero-order chi connectivity index (χ0) is 8.27. The van der Waals surface area contributed by atoms with Crippen LogP contribution in [-0.4, -0.2) is 6.21 Å². The van der Waals surface area contributed by atoms with Gasteiger partial charge in [0.1, 0.15) is 5.75 Å². The number of benzene rings is 1. The predicted octanol–water partition coefficient (Wildman–Crippen LogP) is 2.00. The molecule has 0 radical (unpaired) electrons. The molecule has 3 nitrogen and oxygen atoms in total. The van der Waals surface area contributed by atoms with Gasteiger partial charge in [-0.25, -0.2) is 0 Å². The van der Waals surface area contributed by atoms with E-state index < -0.39 is 0 Å². The molecule has 4 heteroatoms. The average Bonchev–Trinajstić information content (AvgIpc) is 2.05. The van der Waals surface area contributed by atoms with Crippen LogP contribution in [0.4, 0.5) is 5.69 Å². The van der Waals surface area contributed by atoms with Crippen molar-refractivity contribution in [1.82, 2.24) is 0 Å². The Balaban J connectivity index is 3.12. The van der Waals surface area contributed by atoms with Crippen LogP contribution < -0.4 is 8.80 Å². The molecule has 1 rings (SSSR count). The summed E-state index contributed by atoms with van der Waals surface area (Å²) in [5.41, 5.74) is 6.82. The maximum Gasteiger partial charge on any atom is 0.192 e. The Labute approximate surface area is 78.7 Å². The highest BCUT2D eigenvalue weighted by Crippen LogP contribution is 2.19. The molecular formula is C7H7IN2O. The van der Waals surface area contributed by atoms with Crippen LogP contribution in [0.1, 0.15) is 5.56 Å². The van der Waals surface area contributed by atoms with Crippen molar-refractivity contribution in [3.8, 4) is 5.75 Å². The number of rotatable bonds is 2. The minimum absolute atomic E-state index is 0.595. The van der Waals surface area contributed by atoms with Gasteiger partial charge in [-0.2, -0.15) is 0 Å². The summed E-state index contributed by atoms with van der Waals surface area (Å²) >= 11 is 1.78. The monoisotopic (exact) mass is 262 g/mol. The van der Waals surface area contributed by atoms with Crippen molar-refractivity contribution < 1.29 is 3.07 Å². The molecule has 1 aromatic rings. The molecule has 0 spiro atoms. The number of anilines is 1. The molecule has 0 saturated heterocycles. The van der Waals surface area contributed by atoms with Crippen molar-refractivity contribution in [3.05, 3.63) is 23.8 Å². The first-order chi connectivity index (χ1) is 5.27. The van der Waals surface area contributed by atoms with Gasteiger partial charge in [0.15, 0.2) is 23.0 Å². The number of nitrogens with two attached hydrogens (primary N) is 1. The molecule has 0 saturated carbocycles. The maximum atomic E-state index is 6.99. The van der Waals surface area contributed by atoms with Crippen molar-refractivity contribution in [3.63, 3.8) is 0 Å². The van der Waals surface area contributed by atoms with E-state index in [1.54, 1.807) is 41.2 Å². The lowest BCUT2D eigenvalue weighted by Crippen LogP contribution is -1.92. The van der Waals surface area contributed by atoms with Gasteiger partial charge in [-0.3, -0.25) is 0 Å². The van der Waals surface area contributed by atoms with Crippen LogP contribution in [0.3, 0.4) is 0 Å². The third-order valence-corrected chi connectivity index (χ3v) is 1.81. The highest BCUT2D eigenvalue weighted by molar-refractivity contribution is 14.1. The molecule has 0 aromatic heterocycles. The molecule has 0 fully saturated rings. The molecule has 1 aromatic carbocycles. The van der Waals surface area contributed by atoms with Crippen LogP contribution in [0.2, 0.25) is 0 Å². The Morgan fingerprint density at radius 2 is 2.27 bits per heavy atom. The van der Waals surface area contributed by atoms with Gasteiger partial charge in [0, 0.05) is 17.5 Å². The fourth-order valence-corrected chi connectivity index (χ4v) is 1.000. The van der Waals surface area contributed by atoms with E-state index in [2.05, 4.69) is 0 Å². The molecular weight excluding hydrogens is 255 g/mol. The average molecular weight is 262 g/mol. The van der Waals surface area contributed by atoms with Gasteiger partial charge in [-0.15, -0.1) is 0 Å². The van der Waals surface area contributed by atoms with E-state index >= 15 is 0 Å². The second kappa shape index (κ2) is 3.56. The molecule has 58 valence electrons. The zero-order valence-electron chi connectivity index (χ0n) is 5.67. The molecule has 0 heterocycles. The van der Waals surface area contributed by atoms with Crippen LogP contribution in [0.25, 0.3) is 0 Å². The molecule has 0 aliphatic heterocycles. The van der Waals surface area contributed by atoms with Crippen LogP contribution in [0.15, 0.2) is 18.2 Å². The predicted molar refractivity (Wildman–Crippen MR) is 53.4 cm³/mol. The number of hydrogen-bond donors (Lipinski definition) is 2. The third kappa shape index (κ3) is 1.83. The lowest BCUT2D eigenvalue weighted by Gasteiger charge is -2.00. The first kappa shape index (κ1) is 8.32. The normalized spacial score (nSPS) is 9.18.